The molecule has 0 unspecified atom stereocenters. The normalized spacial score (nSPS) is 21.9. The number of carbonyl (C=O) groups excluding carboxylic acids is 1. The van der Waals surface area contributed by atoms with Gasteiger partial charge in [-0.2, -0.15) is 0 Å². The van der Waals surface area contributed by atoms with Gasteiger partial charge in [-0.25, -0.2) is 0 Å². The molecule has 1 heterocycles. The Kier molecular flexibility index (Phi) is 4.18. The van der Waals surface area contributed by atoms with E-state index in [0.29, 0.717) is 16.6 Å². The second kappa shape index (κ2) is 6.08. The first-order valence-electron chi connectivity index (χ1n) is 6.94. The minimum atomic E-state index is -0.183. The van der Waals surface area contributed by atoms with E-state index in [4.69, 9.17) is 23.2 Å². The average Bonchev–Trinajstić information content (AvgIpc) is 2.50. The molecule has 2 atom stereocenters. The molecule has 1 N–H and O–H groups in total. The Hall–Kier alpha value is -1.51. The third-order valence-electron chi connectivity index (χ3n) is 3.97. The van der Waals surface area contributed by atoms with Crippen LogP contribution in [-0.2, 0) is 4.79 Å². The van der Waals surface area contributed by atoms with Crippen molar-refractivity contribution in [3.05, 3.63) is 69.7 Å². The third kappa shape index (κ3) is 2.92. The van der Waals surface area contributed by atoms with E-state index in [2.05, 4.69) is 5.32 Å². The summed E-state index contributed by atoms with van der Waals surface area (Å²) >= 11 is 12.1. The van der Waals surface area contributed by atoms with Crippen LogP contribution in [0.5, 0.6) is 0 Å². The lowest BCUT2D eigenvalue weighted by atomic mass is 9.77. The van der Waals surface area contributed by atoms with E-state index in [9.17, 15) is 4.79 Å². The van der Waals surface area contributed by atoms with E-state index in [-0.39, 0.29) is 17.7 Å². The lowest BCUT2D eigenvalue weighted by molar-refractivity contribution is -0.124. The van der Waals surface area contributed by atoms with Crippen LogP contribution in [-0.4, -0.2) is 12.5 Å². The van der Waals surface area contributed by atoms with Crippen molar-refractivity contribution in [2.24, 2.45) is 0 Å². The van der Waals surface area contributed by atoms with Crippen molar-refractivity contribution in [3.63, 3.8) is 0 Å². The van der Waals surface area contributed by atoms with Crippen LogP contribution in [0.15, 0.2) is 48.5 Å². The first kappa shape index (κ1) is 14.4. The number of rotatable bonds is 2. The van der Waals surface area contributed by atoms with Crippen LogP contribution in [0.4, 0.5) is 0 Å². The van der Waals surface area contributed by atoms with Crippen molar-refractivity contribution in [3.8, 4) is 0 Å². The molecule has 0 radical (unpaired) electrons. The van der Waals surface area contributed by atoms with Crippen molar-refractivity contribution in [1.82, 2.24) is 5.32 Å². The summed E-state index contributed by atoms with van der Waals surface area (Å²) in [5.74, 6) is 0.0108. The summed E-state index contributed by atoms with van der Waals surface area (Å²) in [5.41, 5.74) is 2.10. The minimum absolute atomic E-state index is 0.0727. The molecule has 0 spiro atoms. The van der Waals surface area contributed by atoms with Crippen molar-refractivity contribution >= 4 is 29.1 Å². The zero-order valence-corrected chi connectivity index (χ0v) is 12.9. The number of piperidine rings is 1. The van der Waals surface area contributed by atoms with Gasteiger partial charge in [0.05, 0.1) is 16.0 Å². The van der Waals surface area contributed by atoms with Gasteiger partial charge in [-0.1, -0.05) is 59.6 Å². The van der Waals surface area contributed by atoms with E-state index in [1.54, 1.807) is 6.07 Å². The number of hydrogen-bond donors (Lipinski definition) is 1. The molecule has 1 saturated heterocycles. The summed E-state index contributed by atoms with van der Waals surface area (Å²) in [5, 5.41) is 4.03. The zero-order valence-electron chi connectivity index (χ0n) is 11.4. The van der Waals surface area contributed by atoms with Crippen LogP contribution in [0.1, 0.15) is 29.4 Å². The molecule has 4 heteroatoms. The van der Waals surface area contributed by atoms with Gasteiger partial charge in [0.25, 0.3) is 0 Å². The van der Waals surface area contributed by atoms with Gasteiger partial charge >= 0.3 is 0 Å². The Bertz CT molecular complexity index is 657. The monoisotopic (exact) mass is 319 g/mol. The van der Waals surface area contributed by atoms with Crippen LogP contribution in [0, 0.1) is 0 Å². The van der Waals surface area contributed by atoms with Gasteiger partial charge in [0.2, 0.25) is 5.91 Å². The number of carbonyl (C=O) groups is 1. The number of hydrogen-bond acceptors (Lipinski definition) is 1. The van der Waals surface area contributed by atoms with Gasteiger partial charge in [-0.15, -0.1) is 0 Å². The molecule has 1 fully saturated rings. The van der Waals surface area contributed by atoms with E-state index in [1.165, 1.54) is 0 Å². The molecule has 1 aliphatic rings. The maximum atomic E-state index is 12.4. The fraction of sp³-hybridized carbons (Fsp3) is 0.235. The number of benzene rings is 2. The molecule has 2 aromatic carbocycles. The zero-order chi connectivity index (χ0) is 14.8. The van der Waals surface area contributed by atoms with E-state index >= 15 is 0 Å². The fourth-order valence-corrected chi connectivity index (χ4v) is 3.26. The second-order valence-electron chi connectivity index (χ2n) is 5.25. The van der Waals surface area contributed by atoms with Crippen LogP contribution < -0.4 is 5.32 Å². The van der Waals surface area contributed by atoms with Gasteiger partial charge in [-0.3, -0.25) is 4.79 Å². The molecule has 1 aliphatic heterocycles. The van der Waals surface area contributed by atoms with Gasteiger partial charge in [0, 0.05) is 12.5 Å². The van der Waals surface area contributed by atoms with Gasteiger partial charge < -0.3 is 5.32 Å². The first-order chi connectivity index (χ1) is 10.2. The van der Waals surface area contributed by atoms with E-state index in [1.807, 2.05) is 42.5 Å². The number of nitrogens with one attached hydrogen (secondary N) is 1. The van der Waals surface area contributed by atoms with Gasteiger partial charge in [0.15, 0.2) is 0 Å². The lowest BCUT2D eigenvalue weighted by Gasteiger charge is -2.32. The summed E-state index contributed by atoms with van der Waals surface area (Å²) in [6.45, 7) is 0.688. The van der Waals surface area contributed by atoms with E-state index in [0.717, 1.165) is 17.5 Å². The number of amides is 1. The molecule has 2 nitrogen and oxygen atoms in total. The minimum Gasteiger partial charge on any atom is -0.356 e. The largest absolute Gasteiger partial charge is 0.356 e. The van der Waals surface area contributed by atoms with Crippen LogP contribution >= 0.6 is 23.2 Å². The predicted molar refractivity (Wildman–Crippen MR) is 86.0 cm³/mol. The Morgan fingerprint density at radius 3 is 2.43 bits per heavy atom. The summed E-state index contributed by atoms with van der Waals surface area (Å²) in [4.78, 5) is 12.4. The van der Waals surface area contributed by atoms with Crippen molar-refractivity contribution in [1.29, 1.82) is 0 Å². The molecule has 3 rings (SSSR count). The molecule has 21 heavy (non-hydrogen) atoms. The Morgan fingerprint density at radius 1 is 0.952 bits per heavy atom. The fourth-order valence-electron chi connectivity index (χ4n) is 2.96. The molecular formula is C17H15Cl2NO. The molecule has 2 aromatic rings. The topological polar surface area (TPSA) is 29.1 Å². The molecule has 108 valence electrons. The highest BCUT2D eigenvalue weighted by molar-refractivity contribution is 6.42. The molecule has 0 aromatic heterocycles. The lowest BCUT2D eigenvalue weighted by Crippen LogP contribution is -2.39. The maximum absolute atomic E-state index is 12.4. The summed E-state index contributed by atoms with van der Waals surface area (Å²) < 4.78 is 0. The Morgan fingerprint density at radius 2 is 1.71 bits per heavy atom. The maximum Gasteiger partial charge on any atom is 0.228 e. The van der Waals surface area contributed by atoms with Crippen LogP contribution in [0.2, 0.25) is 10.0 Å². The van der Waals surface area contributed by atoms with E-state index < -0.39 is 0 Å². The van der Waals surface area contributed by atoms with Gasteiger partial charge in [-0.05, 0) is 29.7 Å². The predicted octanol–water partition coefficient (Wildman–Crippen LogP) is 4.38. The third-order valence-corrected chi connectivity index (χ3v) is 4.71. The molecular weight excluding hydrogens is 305 g/mol. The molecule has 1 amide bonds. The van der Waals surface area contributed by atoms with Gasteiger partial charge in [0.1, 0.15) is 0 Å². The Labute approximate surface area is 134 Å². The number of halogens is 2. The molecule has 0 aliphatic carbocycles. The second-order valence-corrected chi connectivity index (χ2v) is 6.06. The van der Waals surface area contributed by atoms with Crippen molar-refractivity contribution < 1.29 is 4.79 Å². The van der Waals surface area contributed by atoms with Crippen LogP contribution in [0.25, 0.3) is 0 Å². The Balaban J connectivity index is 2.01. The molecule has 0 bridgehead atoms. The average molecular weight is 320 g/mol. The SMILES string of the molecule is O=C1NCC[C@@H](c2ccc(Cl)c(Cl)c2)[C@@H]1c1ccccc1. The highest BCUT2D eigenvalue weighted by Crippen LogP contribution is 2.39. The first-order valence-corrected chi connectivity index (χ1v) is 7.70. The highest BCUT2D eigenvalue weighted by Gasteiger charge is 2.34. The smallest absolute Gasteiger partial charge is 0.228 e. The quantitative estimate of drug-likeness (QED) is 0.874. The standard InChI is InChI=1S/C17H15Cl2NO/c18-14-7-6-12(10-15(14)19)13-8-9-20-17(21)16(13)11-4-2-1-3-5-11/h1-7,10,13,16H,8-9H2,(H,20,21)/t13-,16-/m0/s1. The van der Waals surface area contributed by atoms with Crippen molar-refractivity contribution in [2.45, 2.75) is 18.3 Å². The molecule has 0 saturated carbocycles. The summed E-state index contributed by atoms with van der Waals surface area (Å²) in [7, 11) is 0. The highest BCUT2D eigenvalue weighted by atomic mass is 35.5. The van der Waals surface area contributed by atoms with Crippen molar-refractivity contribution in [2.75, 3.05) is 6.54 Å². The van der Waals surface area contributed by atoms with Crippen LogP contribution in [0.3, 0.4) is 0 Å². The summed E-state index contributed by atoms with van der Waals surface area (Å²) in [6.07, 6.45) is 0.892. The summed E-state index contributed by atoms with van der Waals surface area (Å²) in [6, 6.07) is 15.5.